The van der Waals surface area contributed by atoms with E-state index < -0.39 is 0 Å². The Hall–Kier alpha value is -0.450. The molecule has 4 heteroatoms. The molecule has 1 atom stereocenters. The van der Waals surface area contributed by atoms with E-state index in [0.29, 0.717) is 6.04 Å². The van der Waals surface area contributed by atoms with Gasteiger partial charge in [-0.1, -0.05) is 12.8 Å². The molecule has 1 aliphatic rings. The Morgan fingerprint density at radius 2 is 2.29 bits per heavy atom. The summed E-state index contributed by atoms with van der Waals surface area (Å²) in [4.78, 5) is 6.70. The maximum Gasteiger partial charge on any atom is 0.0795 e. The SMILES string of the molecule is CC(CNC1CCCC1)N(C)Cc1cscn1. The van der Waals surface area contributed by atoms with Gasteiger partial charge in [-0.2, -0.15) is 0 Å². The molecule has 1 aromatic heterocycles. The summed E-state index contributed by atoms with van der Waals surface area (Å²) in [5.74, 6) is 0. The number of likely N-dealkylation sites (N-methyl/N-ethyl adjacent to an activating group) is 1. The summed E-state index contributed by atoms with van der Waals surface area (Å²) >= 11 is 1.67. The van der Waals surface area contributed by atoms with Gasteiger partial charge in [0.25, 0.3) is 0 Å². The lowest BCUT2D eigenvalue weighted by Gasteiger charge is -2.25. The van der Waals surface area contributed by atoms with Crippen LogP contribution in [-0.2, 0) is 6.54 Å². The predicted octanol–water partition coefficient (Wildman–Crippen LogP) is 2.50. The first-order valence-electron chi connectivity index (χ1n) is 6.56. The van der Waals surface area contributed by atoms with Crippen LogP contribution in [0, 0.1) is 0 Å². The highest BCUT2D eigenvalue weighted by molar-refractivity contribution is 7.07. The summed E-state index contributed by atoms with van der Waals surface area (Å²) in [6.07, 6.45) is 5.53. The molecule has 1 unspecified atom stereocenters. The molecule has 96 valence electrons. The maximum absolute atomic E-state index is 4.33. The van der Waals surface area contributed by atoms with Crippen molar-refractivity contribution in [3.05, 3.63) is 16.6 Å². The van der Waals surface area contributed by atoms with Crippen LogP contribution in [-0.4, -0.2) is 35.6 Å². The third-order valence-corrected chi connectivity index (χ3v) is 4.34. The van der Waals surface area contributed by atoms with Gasteiger partial charge in [-0.25, -0.2) is 4.98 Å². The number of nitrogens with one attached hydrogen (secondary N) is 1. The van der Waals surface area contributed by atoms with Crippen molar-refractivity contribution in [3.8, 4) is 0 Å². The number of aromatic nitrogens is 1. The second kappa shape index (κ2) is 6.47. The van der Waals surface area contributed by atoms with Crippen molar-refractivity contribution in [1.82, 2.24) is 15.2 Å². The Balaban J connectivity index is 1.69. The summed E-state index contributed by atoms with van der Waals surface area (Å²) in [5.41, 5.74) is 3.09. The molecule has 0 saturated heterocycles. The smallest absolute Gasteiger partial charge is 0.0795 e. The van der Waals surface area contributed by atoms with Gasteiger partial charge in [0.15, 0.2) is 0 Å². The number of thiazole rings is 1. The molecule has 17 heavy (non-hydrogen) atoms. The highest BCUT2D eigenvalue weighted by atomic mass is 32.1. The minimum absolute atomic E-state index is 0.567. The molecule has 1 aromatic rings. The zero-order chi connectivity index (χ0) is 12.1. The summed E-state index contributed by atoms with van der Waals surface area (Å²) in [5, 5.41) is 5.81. The fourth-order valence-electron chi connectivity index (χ4n) is 2.35. The maximum atomic E-state index is 4.33. The number of hydrogen-bond acceptors (Lipinski definition) is 4. The molecule has 1 heterocycles. The average molecular weight is 253 g/mol. The zero-order valence-corrected chi connectivity index (χ0v) is 11.7. The van der Waals surface area contributed by atoms with Crippen LogP contribution in [0.1, 0.15) is 38.3 Å². The van der Waals surface area contributed by atoms with Crippen molar-refractivity contribution in [1.29, 1.82) is 0 Å². The third kappa shape index (κ3) is 4.05. The van der Waals surface area contributed by atoms with Gasteiger partial charge >= 0.3 is 0 Å². The molecule has 3 nitrogen and oxygen atoms in total. The molecule has 1 fully saturated rings. The Morgan fingerprint density at radius 1 is 1.53 bits per heavy atom. The van der Waals surface area contributed by atoms with Gasteiger partial charge in [0, 0.05) is 30.6 Å². The summed E-state index contributed by atoms with van der Waals surface area (Å²) in [6, 6.07) is 1.34. The average Bonchev–Trinajstić information content (AvgIpc) is 2.98. The van der Waals surface area contributed by atoms with E-state index in [0.717, 1.165) is 19.1 Å². The van der Waals surface area contributed by atoms with Gasteiger partial charge in [0.1, 0.15) is 0 Å². The van der Waals surface area contributed by atoms with E-state index in [9.17, 15) is 0 Å². The number of hydrogen-bond donors (Lipinski definition) is 1. The molecule has 0 spiro atoms. The van der Waals surface area contributed by atoms with Crippen molar-refractivity contribution in [3.63, 3.8) is 0 Å². The molecule has 1 saturated carbocycles. The first kappa shape index (κ1) is 13.0. The van der Waals surface area contributed by atoms with Crippen molar-refractivity contribution in [2.24, 2.45) is 0 Å². The van der Waals surface area contributed by atoms with Crippen LogP contribution in [0.3, 0.4) is 0 Å². The highest BCUT2D eigenvalue weighted by Gasteiger charge is 2.16. The molecule has 2 rings (SSSR count). The van der Waals surface area contributed by atoms with E-state index in [1.165, 1.54) is 31.4 Å². The van der Waals surface area contributed by atoms with Gasteiger partial charge in [0.05, 0.1) is 11.2 Å². The van der Waals surface area contributed by atoms with Crippen LogP contribution < -0.4 is 5.32 Å². The van der Waals surface area contributed by atoms with E-state index in [2.05, 4.69) is 34.6 Å². The van der Waals surface area contributed by atoms with Gasteiger partial charge in [-0.05, 0) is 26.8 Å². The summed E-state index contributed by atoms with van der Waals surface area (Å²) in [6.45, 7) is 4.33. The Kier molecular flexibility index (Phi) is 4.95. The normalized spacial score (nSPS) is 19.0. The van der Waals surface area contributed by atoms with Crippen LogP contribution in [0.5, 0.6) is 0 Å². The third-order valence-electron chi connectivity index (χ3n) is 3.70. The molecular formula is C13H23N3S. The van der Waals surface area contributed by atoms with Gasteiger partial charge in [-0.3, -0.25) is 4.90 Å². The number of rotatable bonds is 6. The second-order valence-electron chi connectivity index (χ2n) is 5.13. The van der Waals surface area contributed by atoms with E-state index in [-0.39, 0.29) is 0 Å². The molecular weight excluding hydrogens is 230 g/mol. The molecule has 1 aliphatic carbocycles. The van der Waals surface area contributed by atoms with Crippen molar-refractivity contribution in [2.45, 2.75) is 51.2 Å². The van der Waals surface area contributed by atoms with E-state index in [1.54, 1.807) is 11.3 Å². The van der Waals surface area contributed by atoms with Gasteiger partial charge in [0.2, 0.25) is 0 Å². The van der Waals surface area contributed by atoms with E-state index in [1.807, 2.05) is 5.51 Å². The fraction of sp³-hybridized carbons (Fsp3) is 0.769. The molecule has 1 N–H and O–H groups in total. The fourth-order valence-corrected chi connectivity index (χ4v) is 2.90. The lowest BCUT2D eigenvalue weighted by molar-refractivity contribution is 0.235. The molecule has 0 amide bonds. The Labute approximate surface area is 108 Å². The molecule has 0 bridgehead atoms. The van der Waals surface area contributed by atoms with Crippen molar-refractivity contribution in [2.75, 3.05) is 13.6 Å². The summed E-state index contributed by atoms with van der Waals surface area (Å²) < 4.78 is 0. The van der Waals surface area contributed by atoms with E-state index >= 15 is 0 Å². The highest BCUT2D eigenvalue weighted by Crippen LogP contribution is 2.17. The second-order valence-corrected chi connectivity index (χ2v) is 5.85. The lowest BCUT2D eigenvalue weighted by atomic mass is 10.2. The first-order valence-corrected chi connectivity index (χ1v) is 7.50. The largest absolute Gasteiger partial charge is 0.312 e. The Morgan fingerprint density at radius 3 is 2.94 bits per heavy atom. The van der Waals surface area contributed by atoms with Crippen LogP contribution in [0.4, 0.5) is 0 Å². The standard InChI is InChI=1S/C13H23N3S/c1-11(7-14-12-5-3-4-6-12)16(2)8-13-9-17-10-15-13/h9-12,14H,3-8H2,1-2H3. The predicted molar refractivity (Wildman–Crippen MR) is 73.3 cm³/mol. The van der Waals surface area contributed by atoms with Crippen LogP contribution >= 0.6 is 11.3 Å². The van der Waals surface area contributed by atoms with Crippen molar-refractivity contribution >= 4 is 11.3 Å². The van der Waals surface area contributed by atoms with Crippen LogP contribution in [0.2, 0.25) is 0 Å². The zero-order valence-electron chi connectivity index (χ0n) is 10.9. The van der Waals surface area contributed by atoms with Crippen LogP contribution in [0.25, 0.3) is 0 Å². The monoisotopic (exact) mass is 253 g/mol. The van der Waals surface area contributed by atoms with Crippen LogP contribution in [0.15, 0.2) is 10.9 Å². The minimum atomic E-state index is 0.567. The molecule has 0 radical (unpaired) electrons. The molecule has 0 aliphatic heterocycles. The van der Waals surface area contributed by atoms with Gasteiger partial charge < -0.3 is 5.32 Å². The van der Waals surface area contributed by atoms with E-state index in [4.69, 9.17) is 0 Å². The molecule has 0 aromatic carbocycles. The lowest BCUT2D eigenvalue weighted by Crippen LogP contribution is -2.40. The topological polar surface area (TPSA) is 28.2 Å². The quantitative estimate of drug-likeness (QED) is 0.844. The first-order chi connectivity index (χ1) is 8.25. The van der Waals surface area contributed by atoms with Crippen molar-refractivity contribution < 1.29 is 0 Å². The Bertz CT molecular complexity index is 306. The minimum Gasteiger partial charge on any atom is -0.312 e. The number of nitrogens with zero attached hydrogens (tertiary/aromatic N) is 2. The summed E-state index contributed by atoms with van der Waals surface area (Å²) in [7, 11) is 2.18. The van der Waals surface area contributed by atoms with Gasteiger partial charge in [-0.15, -0.1) is 11.3 Å².